The van der Waals surface area contributed by atoms with Crippen molar-refractivity contribution in [3.8, 4) is 5.75 Å². The molecule has 5 heteroatoms. The predicted octanol–water partition coefficient (Wildman–Crippen LogP) is 3.55. The van der Waals surface area contributed by atoms with Crippen molar-refractivity contribution >= 4 is 23.3 Å². The van der Waals surface area contributed by atoms with Crippen LogP contribution in [0.15, 0.2) is 48.5 Å². The van der Waals surface area contributed by atoms with E-state index < -0.39 is 5.97 Å². The Morgan fingerprint density at radius 2 is 1.86 bits per heavy atom. The van der Waals surface area contributed by atoms with E-state index in [1.807, 2.05) is 30.3 Å². The maximum Gasteiger partial charge on any atom is 0.339 e. The smallest absolute Gasteiger partial charge is 0.339 e. The van der Waals surface area contributed by atoms with Gasteiger partial charge in [-0.25, -0.2) is 4.79 Å². The van der Waals surface area contributed by atoms with Crippen molar-refractivity contribution in [1.29, 1.82) is 0 Å². The summed E-state index contributed by atoms with van der Waals surface area (Å²) in [6.07, 6.45) is 0.598. The van der Waals surface area contributed by atoms with Gasteiger partial charge in [0.15, 0.2) is 0 Å². The van der Waals surface area contributed by atoms with Gasteiger partial charge in [-0.15, -0.1) is 0 Å². The zero-order valence-electron chi connectivity index (χ0n) is 11.4. The van der Waals surface area contributed by atoms with Gasteiger partial charge >= 0.3 is 5.97 Å². The van der Waals surface area contributed by atoms with Crippen LogP contribution in [0.3, 0.4) is 0 Å². The zero-order chi connectivity index (χ0) is 15.1. The number of ether oxygens (including phenoxy) is 2. The SMILES string of the molecule is Nc1ccc(Cl)c(C(=O)OCCCOc2ccccc2)c1. The molecule has 2 aromatic carbocycles. The fraction of sp³-hybridized carbons (Fsp3) is 0.188. The van der Waals surface area contributed by atoms with Crippen LogP contribution in [0.1, 0.15) is 16.8 Å². The van der Waals surface area contributed by atoms with Crippen molar-refractivity contribution in [3.05, 3.63) is 59.1 Å². The van der Waals surface area contributed by atoms with Crippen LogP contribution in [0, 0.1) is 0 Å². The molecule has 2 N–H and O–H groups in total. The summed E-state index contributed by atoms with van der Waals surface area (Å²) in [5, 5.41) is 0.328. The second-order valence-electron chi connectivity index (χ2n) is 4.39. The molecular weight excluding hydrogens is 290 g/mol. The highest BCUT2D eigenvalue weighted by molar-refractivity contribution is 6.33. The summed E-state index contributed by atoms with van der Waals surface area (Å²) >= 11 is 5.93. The number of nitrogen functional groups attached to an aromatic ring is 1. The lowest BCUT2D eigenvalue weighted by atomic mass is 10.2. The first-order valence-corrected chi connectivity index (χ1v) is 6.94. The largest absolute Gasteiger partial charge is 0.493 e. The molecule has 0 aliphatic heterocycles. The second kappa shape index (κ2) is 7.55. The lowest BCUT2D eigenvalue weighted by Crippen LogP contribution is -2.10. The highest BCUT2D eigenvalue weighted by atomic mass is 35.5. The number of halogens is 1. The molecule has 0 unspecified atom stereocenters. The third-order valence-corrected chi connectivity index (χ3v) is 3.07. The van der Waals surface area contributed by atoms with E-state index in [4.69, 9.17) is 26.8 Å². The number of benzene rings is 2. The number of carbonyl (C=O) groups excluding carboxylic acids is 1. The molecule has 0 aromatic heterocycles. The highest BCUT2D eigenvalue weighted by Gasteiger charge is 2.11. The second-order valence-corrected chi connectivity index (χ2v) is 4.80. The minimum atomic E-state index is -0.480. The number of nitrogens with two attached hydrogens (primary N) is 1. The number of hydrogen-bond donors (Lipinski definition) is 1. The van der Waals surface area contributed by atoms with E-state index in [0.717, 1.165) is 5.75 Å². The first kappa shape index (κ1) is 15.2. The molecule has 0 saturated carbocycles. The molecule has 0 amide bonds. The lowest BCUT2D eigenvalue weighted by molar-refractivity contribution is 0.0486. The molecule has 0 fully saturated rings. The van der Waals surface area contributed by atoms with E-state index in [2.05, 4.69) is 0 Å². The first-order chi connectivity index (χ1) is 10.2. The van der Waals surface area contributed by atoms with E-state index in [9.17, 15) is 4.79 Å². The fourth-order valence-corrected chi connectivity index (χ4v) is 1.90. The number of esters is 1. The topological polar surface area (TPSA) is 61.6 Å². The van der Waals surface area contributed by atoms with Gasteiger partial charge in [-0.1, -0.05) is 29.8 Å². The van der Waals surface area contributed by atoms with E-state index in [-0.39, 0.29) is 12.2 Å². The number of rotatable bonds is 6. The van der Waals surface area contributed by atoms with Gasteiger partial charge in [0.2, 0.25) is 0 Å². The molecule has 0 spiro atoms. The number of anilines is 1. The van der Waals surface area contributed by atoms with Gasteiger partial charge in [-0.2, -0.15) is 0 Å². The molecule has 0 aliphatic carbocycles. The summed E-state index contributed by atoms with van der Waals surface area (Å²) < 4.78 is 10.6. The predicted molar refractivity (Wildman–Crippen MR) is 82.7 cm³/mol. The quantitative estimate of drug-likeness (QED) is 0.503. The Labute approximate surface area is 128 Å². The van der Waals surface area contributed by atoms with Crippen LogP contribution in [-0.4, -0.2) is 19.2 Å². The van der Waals surface area contributed by atoms with E-state index in [1.54, 1.807) is 12.1 Å². The minimum Gasteiger partial charge on any atom is -0.493 e. The molecule has 0 bridgehead atoms. The van der Waals surface area contributed by atoms with Crippen LogP contribution >= 0.6 is 11.6 Å². The van der Waals surface area contributed by atoms with Gasteiger partial charge in [-0.3, -0.25) is 0 Å². The van der Waals surface area contributed by atoms with Gasteiger partial charge in [0.1, 0.15) is 5.75 Å². The van der Waals surface area contributed by atoms with Crippen LogP contribution in [0.4, 0.5) is 5.69 Å². The van der Waals surface area contributed by atoms with Crippen molar-refractivity contribution in [3.63, 3.8) is 0 Å². The van der Waals surface area contributed by atoms with Gasteiger partial charge in [0, 0.05) is 12.1 Å². The molecule has 0 atom stereocenters. The number of carbonyl (C=O) groups is 1. The Bertz CT molecular complexity index is 602. The Kier molecular flexibility index (Phi) is 5.46. The molecule has 0 heterocycles. The summed E-state index contributed by atoms with van der Waals surface area (Å²) in [5.41, 5.74) is 6.37. The van der Waals surface area contributed by atoms with E-state index in [0.29, 0.717) is 23.7 Å². The summed E-state index contributed by atoms with van der Waals surface area (Å²) in [6.45, 7) is 0.735. The average molecular weight is 306 g/mol. The van der Waals surface area contributed by atoms with E-state index in [1.165, 1.54) is 6.07 Å². The number of hydrogen-bond acceptors (Lipinski definition) is 4. The maximum absolute atomic E-state index is 11.8. The molecule has 110 valence electrons. The van der Waals surface area contributed by atoms with Crippen LogP contribution in [-0.2, 0) is 4.74 Å². The maximum atomic E-state index is 11.8. The lowest BCUT2D eigenvalue weighted by Gasteiger charge is -2.08. The van der Waals surface area contributed by atoms with Gasteiger partial charge in [0.25, 0.3) is 0 Å². The highest BCUT2D eigenvalue weighted by Crippen LogP contribution is 2.19. The van der Waals surface area contributed by atoms with Gasteiger partial charge in [-0.05, 0) is 30.3 Å². The molecule has 2 aromatic rings. The molecule has 0 radical (unpaired) electrons. The average Bonchev–Trinajstić information content (AvgIpc) is 2.50. The first-order valence-electron chi connectivity index (χ1n) is 6.57. The summed E-state index contributed by atoms with van der Waals surface area (Å²) in [6, 6.07) is 14.2. The fourth-order valence-electron chi connectivity index (χ4n) is 1.71. The van der Waals surface area contributed by atoms with Crippen LogP contribution in [0.25, 0.3) is 0 Å². The molecule has 2 rings (SSSR count). The monoisotopic (exact) mass is 305 g/mol. The molecule has 0 saturated heterocycles. The third-order valence-electron chi connectivity index (χ3n) is 2.74. The number of para-hydroxylation sites is 1. The van der Waals surface area contributed by atoms with Crippen molar-refractivity contribution in [2.75, 3.05) is 18.9 Å². The van der Waals surface area contributed by atoms with Crippen molar-refractivity contribution in [2.45, 2.75) is 6.42 Å². The Balaban J connectivity index is 1.73. The molecule has 21 heavy (non-hydrogen) atoms. The van der Waals surface area contributed by atoms with Crippen molar-refractivity contribution < 1.29 is 14.3 Å². The summed E-state index contributed by atoms with van der Waals surface area (Å²) in [5.74, 6) is 0.315. The van der Waals surface area contributed by atoms with Crippen LogP contribution < -0.4 is 10.5 Å². The normalized spacial score (nSPS) is 10.1. The molecule has 0 aliphatic rings. The summed E-state index contributed by atoms with van der Waals surface area (Å²) in [4.78, 5) is 11.8. The standard InChI is InChI=1S/C16H16ClNO3/c17-15-8-7-12(18)11-14(15)16(19)21-10-4-9-20-13-5-2-1-3-6-13/h1-3,5-8,11H,4,9-10,18H2. The summed E-state index contributed by atoms with van der Waals surface area (Å²) in [7, 11) is 0. The molecule has 4 nitrogen and oxygen atoms in total. The Morgan fingerprint density at radius 3 is 2.62 bits per heavy atom. The van der Waals surface area contributed by atoms with Crippen molar-refractivity contribution in [1.82, 2.24) is 0 Å². The van der Waals surface area contributed by atoms with Crippen LogP contribution in [0.5, 0.6) is 5.75 Å². The molecular formula is C16H16ClNO3. The van der Waals surface area contributed by atoms with Gasteiger partial charge in [0.05, 0.1) is 23.8 Å². The third kappa shape index (κ3) is 4.68. The zero-order valence-corrected chi connectivity index (χ0v) is 12.2. The minimum absolute atomic E-state index is 0.261. The van der Waals surface area contributed by atoms with Crippen LogP contribution in [0.2, 0.25) is 5.02 Å². The van der Waals surface area contributed by atoms with E-state index >= 15 is 0 Å². The van der Waals surface area contributed by atoms with Crippen molar-refractivity contribution in [2.24, 2.45) is 0 Å². The Morgan fingerprint density at radius 1 is 1.10 bits per heavy atom. The van der Waals surface area contributed by atoms with Gasteiger partial charge < -0.3 is 15.2 Å². The Hall–Kier alpha value is -2.20.